The molecular weight excluding hydrogens is 222 g/mol. The van der Waals surface area contributed by atoms with Crippen LogP contribution in [-0.4, -0.2) is 0 Å². The predicted octanol–water partition coefficient (Wildman–Crippen LogP) is 3.73. The Morgan fingerprint density at radius 1 is 1.33 bits per heavy atom. The number of nitrogens with two attached hydrogens (primary N) is 1. The van der Waals surface area contributed by atoms with Crippen LogP contribution in [-0.2, 0) is 6.42 Å². The van der Waals surface area contributed by atoms with Crippen molar-refractivity contribution in [3.63, 3.8) is 0 Å². The average molecular weight is 237 g/mol. The van der Waals surface area contributed by atoms with E-state index >= 15 is 0 Å². The van der Waals surface area contributed by atoms with Crippen LogP contribution >= 0.6 is 22.7 Å². The number of aryl methyl sites for hydroxylation is 2. The average Bonchev–Trinajstić information content (AvgIpc) is 2.84. The van der Waals surface area contributed by atoms with Crippen LogP contribution in [0.5, 0.6) is 0 Å². The minimum atomic E-state index is 0.0570. The molecule has 0 aromatic carbocycles. The van der Waals surface area contributed by atoms with Gasteiger partial charge in [0.05, 0.1) is 6.04 Å². The van der Waals surface area contributed by atoms with Crippen molar-refractivity contribution >= 4 is 22.7 Å². The number of rotatable bonds is 3. The molecule has 2 N–H and O–H groups in total. The highest BCUT2D eigenvalue weighted by atomic mass is 32.1. The zero-order chi connectivity index (χ0) is 10.8. The molecule has 1 unspecified atom stereocenters. The number of hydrogen-bond acceptors (Lipinski definition) is 3. The van der Waals surface area contributed by atoms with Crippen LogP contribution in [0.2, 0.25) is 0 Å². The van der Waals surface area contributed by atoms with E-state index in [0.29, 0.717) is 0 Å². The molecule has 15 heavy (non-hydrogen) atoms. The molecule has 0 spiro atoms. The van der Waals surface area contributed by atoms with Gasteiger partial charge in [-0.05, 0) is 47.4 Å². The summed E-state index contributed by atoms with van der Waals surface area (Å²) in [6.45, 7) is 4.30. The Balaban J connectivity index is 2.28. The second-order valence-corrected chi connectivity index (χ2v) is 5.59. The van der Waals surface area contributed by atoms with Crippen LogP contribution in [0.25, 0.3) is 0 Å². The van der Waals surface area contributed by atoms with Crippen LogP contribution in [0.3, 0.4) is 0 Å². The first-order valence-corrected chi connectivity index (χ1v) is 6.85. The van der Waals surface area contributed by atoms with Gasteiger partial charge in [0.2, 0.25) is 0 Å². The predicted molar refractivity (Wildman–Crippen MR) is 68.8 cm³/mol. The van der Waals surface area contributed by atoms with E-state index in [1.807, 2.05) is 11.3 Å². The van der Waals surface area contributed by atoms with Gasteiger partial charge in [-0.3, -0.25) is 0 Å². The summed E-state index contributed by atoms with van der Waals surface area (Å²) in [6.07, 6.45) is 1.10. The highest BCUT2D eigenvalue weighted by Gasteiger charge is 2.13. The highest BCUT2D eigenvalue weighted by molar-refractivity contribution is 7.12. The highest BCUT2D eigenvalue weighted by Crippen LogP contribution is 2.30. The van der Waals surface area contributed by atoms with Gasteiger partial charge in [0.25, 0.3) is 0 Å². The van der Waals surface area contributed by atoms with Gasteiger partial charge in [0.15, 0.2) is 0 Å². The Morgan fingerprint density at radius 2 is 2.13 bits per heavy atom. The fourth-order valence-electron chi connectivity index (χ4n) is 1.59. The van der Waals surface area contributed by atoms with Crippen LogP contribution in [0.4, 0.5) is 0 Å². The zero-order valence-corrected chi connectivity index (χ0v) is 10.6. The lowest BCUT2D eigenvalue weighted by molar-refractivity contribution is 0.890. The summed E-state index contributed by atoms with van der Waals surface area (Å²) in [7, 11) is 0. The van der Waals surface area contributed by atoms with Gasteiger partial charge in [-0.15, -0.1) is 11.3 Å². The molecule has 0 saturated carbocycles. The van der Waals surface area contributed by atoms with E-state index in [4.69, 9.17) is 5.73 Å². The molecule has 0 aliphatic rings. The van der Waals surface area contributed by atoms with Crippen molar-refractivity contribution in [3.8, 4) is 0 Å². The van der Waals surface area contributed by atoms with E-state index in [2.05, 4.69) is 36.7 Å². The van der Waals surface area contributed by atoms with E-state index in [1.54, 1.807) is 11.3 Å². The van der Waals surface area contributed by atoms with Crippen molar-refractivity contribution in [3.05, 3.63) is 43.8 Å². The number of hydrogen-bond donors (Lipinski definition) is 1. The van der Waals surface area contributed by atoms with Crippen molar-refractivity contribution in [2.45, 2.75) is 26.3 Å². The van der Waals surface area contributed by atoms with Gasteiger partial charge in [-0.25, -0.2) is 0 Å². The van der Waals surface area contributed by atoms with Gasteiger partial charge < -0.3 is 5.73 Å². The van der Waals surface area contributed by atoms with E-state index in [1.165, 1.54) is 20.9 Å². The molecule has 0 aliphatic heterocycles. The summed E-state index contributed by atoms with van der Waals surface area (Å²) in [5.74, 6) is 0. The molecule has 80 valence electrons. The van der Waals surface area contributed by atoms with Crippen molar-refractivity contribution in [1.29, 1.82) is 0 Å². The summed E-state index contributed by atoms with van der Waals surface area (Å²) in [6, 6.07) is 4.40. The van der Waals surface area contributed by atoms with Gasteiger partial charge in [0, 0.05) is 9.75 Å². The molecule has 2 aromatic rings. The van der Waals surface area contributed by atoms with E-state index in [0.717, 1.165) is 6.42 Å². The normalized spacial score (nSPS) is 13.0. The minimum absolute atomic E-state index is 0.0570. The lowest BCUT2D eigenvalue weighted by Gasteiger charge is -2.08. The molecule has 3 heteroatoms. The third-order valence-corrected chi connectivity index (χ3v) is 4.76. The van der Waals surface area contributed by atoms with Crippen molar-refractivity contribution < 1.29 is 0 Å². The van der Waals surface area contributed by atoms with Crippen LogP contribution in [0, 0.1) is 6.92 Å². The molecule has 0 aliphatic carbocycles. The molecule has 2 rings (SSSR count). The first kappa shape index (κ1) is 10.9. The molecule has 1 atom stereocenters. The Labute approximate surface area is 98.6 Å². The Morgan fingerprint density at radius 3 is 2.67 bits per heavy atom. The summed E-state index contributed by atoms with van der Waals surface area (Å²) in [4.78, 5) is 2.68. The lowest BCUT2D eigenvalue weighted by atomic mass is 10.1. The van der Waals surface area contributed by atoms with Gasteiger partial charge >= 0.3 is 0 Å². The summed E-state index contributed by atoms with van der Waals surface area (Å²) >= 11 is 3.55. The fourth-order valence-corrected chi connectivity index (χ4v) is 3.45. The SMILES string of the molecule is CCc1ccc(C(N)c2cscc2C)s1. The molecule has 2 heterocycles. The first-order valence-electron chi connectivity index (χ1n) is 5.09. The largest absolute Gasteiger partial charge is 0.320 e. The third kappa shape index (κ3) is 2.14. The van der Waals surface area contributed by atoms with Crippen molar-refractivity contribution in [2.75, 3.05) is 0 Å². The molecular formula is C12H15NS2. The molecule has 0 fully saturated rings. The fraction of sp³-hybridized carbons (Fsp3) is 0.333. The van der Waals surface area contributed by atoms with E-state index in [-0.39, 0.29) is 6.04 Å². The standard InChI is InChI=1S/C12H15NS2/c1-3-9-4-5-11(15-9)12(13)10-7-14-6-8(10)2/h4-7,12H,3,13H2,1-2H3. The first-order chi connectivity index (χ1) is 7.22. The van der Waals surface area contributed by atoms with Crippen LogP contribution < -0.4 is 5.73 Å². The Hall–Kier alpha value is -0.640. The summed E-state index contributed by atoms with van der Waals surface area (Å²) in [5, 5.41) is 4.31. The lowest BCUT2D eigenvalue weighted by Crippen LogP contribution is -2.10. The second-order valence-electron chi connectivity index (χ2n) is 3.65. The van der Waals surface area contributed by atoms with Crippen molar-refractivity contribution in [1.82, 2.24) is 0 Å². The van der Waals surface area contributed by atoms with Gasteiger partial charge in [0.1, 0.15) is 0 Å². The topological polar surface area (TPSA) is 26.0 Å². The van der Waals surface area contributed by atoms with Crippen LogP contribution in [0.15, 0.2) is 22.9 Å². The number of thiophene rings is 2. The molecule has 1 nitrogen and oxygen atoms in total. The Kier molecular flexibility index (Phi) is 3.24. The smallest absolute Gasteiger partial charge is 0.0656 e. The molecule has 0 radical (unpaired) electrons. The van der Waals surface area contributed by atoms with E-state index < -0.39 is 0 Å². The molecule has 0 bridgehead atoms. The zero-order valence-electron chi connectivity index (χ0n) is 8.99. The third-order valence-electron chi connectivity index (χ3n) is 2.57. The maximum Gasteiger partial charge on any atom is 0.0656 e. The van der Waals surface area contributed by atoms with E-state index in [9.17, 15) is 0 Å². The summed E-state index contributed by atoms with van der Waals surface area (Å²) in [5.41, 5.74) is 8.82. The molecule has 0 amide bonds. The van der Waals surface area contributed by atoms with Crippen molar-refractivity contribution in [2.24, 2.45) is 5.73 Å². The summed E-state index contributed by atoms with van der Waals surface area (Å²) < 4.78 is 0. The maximum absolute atomic E-state index is 6.25. The molecule has 2 aromatic heterocycles. The minimum Gasteiger partial charge on any atom is -0.320 e. The Bertz CT molecular complexity index is 442. The van der Waals surface area contributed by atoms with Gasteiger partial charge in [-0.2, -0.15) is 11.3 Å². The second kappa shape index (κ2) is 4.47. The monoisotopic (exact) mass is 237 g/mol. The van der Waals surface area contributed by atoms with Gasteiger partial charge in [-0.1, -0.05) is 6.92 Å². The quantitative estimate of drug-likeness (QED) is 0.865. The maximum atomic E-state index is 6.25. The van der Waals surface area contributed by atoms with Crippen LogP contribution in [0.1, 0.15) is 33.8 Å². The molecule has 0 saturated heterocycles.